The number of hydrogen-bond donors (Lipinski definition) is 7. The number of rotatable bonds is 12. The summed E-state index contributed by atoms with van der Waals surface area (Å²) in [5.74, 6) is 1.97. The standard InChI is InChI=1S/C21H27NO4.C21H27NO3.2C20H25NO4.2CH4/c1-4-10-22-11-9-19-16-14-6-5-13(2)17(16)26-18(19)21(24,25-3)8-7-20(19,23)15(22)12-14;1-4-10-22-11-9-20-17-14-6-5-13(2)18(17)25-19(20)15(24-3)7-8-21(20,23)16(22)12-14;2*1-3-9-21-10-8-19-16-12-4-5-13(22)17(16)25-18(19)14(24-2)6-7-20(19,23)15(21)11-12;;/h4-6,15,18,23-24H,1,7-12H2,2-3H3;4-6,15-16,19,23H,1,7-12H2,2-3H3;2*3-5,14-15,18,22-23H,1,6-11H2,2H3;2*1H4/t15?,18-,19+,20-,21?;15?,16?,19-,20-,21+;2*14?,15?,18-,19-,20+;;/m1000../s1. The van der Waals surface area contributed by atoms with Crippen LogP contribution in [0.25, 0.3) is 0 Å². The fraction of sp³-hybridized carbons (Fsp3) is 0.619. The summed E-state index contributed by atoms with van der Waals surface area (Å²) in [6.07, 6.45) is 18.4. The van der Waals surface area contributed by atoms with E-state index in [0.29, 0.717) is 37.2 Å². The molecular weight excluding hydrogens is 1300 g/mol. The molecule has 16 aliphatic rings. The number of aryl methyl sites for hydroxylation is 2. The molecule has 8 bridgehead atoms. The van der Waals surface area contributed by atoms with Gasteiger partial charge in [0, 0.05) is 107 Å². The van der Waals surface area contributed by atoms with Crippen LogP contribution in [0.5, 0.6) is 34.5 Å². The topological polar surface area (TPSA) is 228 Å². The van der Waals surface area contributed by atoms with Crippen LogP contribution in [0, 0.1) is 13.8 Å². The zero-order chi connectivity index (χ0) is 70.5. The average molecular weight is 1420 g/mol. The lowest BCUT2D eigenvalue weighted by atomic mass is 9.48. The van der Waals surface area contributed by atoms with E-state index < -0.39 is 50.5 Å². The molecule has 19 heteroatoms. The highest BCUT2D eigenvalue weighted by Crippen LogP contribution is 2.71. The number of hydrogen-bond acceptors (Lipinski definition) is 19. The van der Waals surface area contributed by atoms with Crippen molar-refractivity contribution in [2.45, 2.75) is 248 Å². The minimum Gasteiger partial charge on any atom is -0.504 e. The van der Waals surface area contributed by atoms with Crippen LogP contribution in [0.1, 0.15) is 148 Å². The Morgan fingerprint density at radius 2 is 0.709 bits per heavy atom. The van der Waals surface area contributed by atoms with Gasteiger partial charge >= 0.3 is 0 Å². The van der Waals surface area contributed by atoms with E-state index >= 15 is 0 Å². The number of likely N-dealkylation sites (tertiary alicyclic amines) is 4. The zero-order valence-electron chi connectivity index (χ0n) is 59.8. The molecule has 19 nitrogen and oxygen atoms in total. The summed E-state index contributed by atoms with van der Waals surface area (Å²) in [6, 6.07) is 16.4. The van der Waals surface area contributed by atoms with Crippen LogP contribution in [0.3, 0.4) is 0 Å². The van der Waals surface area contributed by atoms with E-state index in [0.717, 1.165) is 163 Å². The van der Waals surface area contributed by atoms with Gasteiger partial charge in [0.2, 0.25) is 5.79 Å². The fourth-order valence-corrected chi connectivity index (χ4v) is 25.1. The van der Waals surface area contributed by atoms with Crippen LogP contribution < -0.4 is 18.9 Å². The Balaban J connectivity index is 0.000000110. The monoisotopic (exact) mass is 1420 g/mol. The predicted molar refractivity (Wildman–Crippen MR) is 393 cm³/mol. The van der Waals surface area contributed by atoms with Crippen molar-refractivity contribution in [1.82, 2.24) is 19.6 Å². The summed E-state index contributed by atoms with van der Waals surface area (Å²) in [5.41, 5.74) is 6.34. The summed E-state index contributed by atoms with van der Waals surface area (Å²) in [7, 11) is 6.74. The van der Waals surface area contributed by atoms with Gasteiger partial charge in [0.05, 0.1) is 62.4 Å². The van der Waals surface area contributed by atoms with Crippen LogP contribution in [-0.2, 0) is 66.3 Å². The van der Waals surface area contributed by atoms with Crippen molar-refractivity contribution in [3.63, 3.8) is 0 Å². The molecule has 4 saturated carbocycles. The van der Waals surface area contributed by atoms with E-state index in [4.69, 9.17) is 37.9 Å². The quantitative estimate of drug-likeness (QED) is 0.0519. The lowest BCUT2D eigenvalue weighted by Crippen LogP contribution is -2.79. The molecule has 8 aliphatic heterocycles. The number of phenols is 2. The van der Waals surface area contributed by atoms with Gasteiger partial charge in [0.15, 0.2) is 29.1 Å². The lowest BCUT2D eigenvalue weighted by Gasteiger charge is -2.65. The van der Waals surface area contributed by atoms with E-state index in [-0.39, 0.29) is 92.6 Å². The Kier molecular flexibility index (Phi) is 17.9. The average Bonchev–Trinajstić information content (AvgIpc) is 1.58. The van der Waals surface area contributed by atoms with Gasteiger partial charge < -0.3 is 73.6 Å². The number of phenolic OH excluding ortho intramolecular Hbond substituents is 2. The Hall–Kier alpha value is -5.88. The van der Waals surface area contributed by atoms with Crippen molar-refractivity contribution < 1.29 is 73.6 Å². The normalized spacial score (nSPS) is 40.8. The number of piperidine rings is 4. The third-order valence-electron chi connectivity index (χ3n) is 29.3. The van der Waals surface area contributed by atoms with Gasteiger partial charge in [-0.1, -0.05) is 75.6 Å². The molecule has 558 valence electrons. The van der Waals surface area contributed by atoms with Crippen LogP contribution >= 0.6 is 0 Å². The number of aliphatic hydroxyl groups is 5. The minimum absolute atomic E-state index is 0. The molecule has 0 amide bonds. The van der Waals surface area contributed by atoms with Crippen molar-refractivity contribution in [1.29, 1.82) is 0 Å². The molecule has 20 rings (SSSR count). The highest BCUT2D eigenvalue weighted by Gasteiger charge is 2.79. The maximum absolute atomic E-state index is 12.1. The SMILES string of the molecule is C.C.C=CCN1CC[C@]23c4c5ccc(C)c4O[C@H]2C(O)(OC)CC[C@@]3(O)C1C5.C=CCN1CC[C@]23c4c5ccc(C)c4O[C@H]2C(OC)CC[C@@]3(O)C1C5.C=CCN1CC[C@]23c4c5ccc(O)c4O[C@H]2C(OC)CC[C@@]3(O)C1C5.C=CCN1CC[C@]23c4c5ccc(O)c4O[C@H]2C(OC)CC[C@@]3(O)C1C5. The maximum Gasteiger partial charge on any atom is 0.204 e. The molecule has 7 N–H and O–H groups in total. The van der Waals surface area contributed by atoms with Gasteiger partial charge in [0.1, 0.15) is 29.8 Å². The Morgan fingerprint density at radius 1 is 0.408 bits per heavy atom. The summed E-state index contributed by atoms with van der Waals surface area (Å²) in [5, 5.41) is 80.3. The molecule has 20 atom stereocenters. The zero-order valence-corrected chi connectivity index (χ0v) is 59.8. The third-order valence-corrected chi connectivity index (χ3v) is 29.3. The first-order valence-electron chi connectivity index (χ1n) is 37.4. The van der Waals surface area contributed by atoms with Crippen molar-refractivity contribution in [2.24, 2.45) is 0 Å². The second-order valence-corrected chi connectivity index (χ2v) is 32.6. The molecule has 103 heavy (non-hydrogen) atoms. The first-order valence-corrected chi connectivity index (χ1v) is 37.4. The van der Waals surface area contributed by atoms with Gasteiger partial charge in [0.25, 0.3) is 0 Å². The van der Waals surface area contributed by atoms with E-state index in [1.165, 1.54) is 40.5 Å². The molecule has 4 spiro atoms. The fourth-order valence-electron chi connectivity index (χ4n) is 25.1. The van der Waals surface area contributed by atoms with Gasteiger partial charge in [-0.05, 0) is 182 Å². The third kappa shape index (κ3) is 9.09. The summed E-state index contributed by atoms with van der Waals surface area (Å²) < 4.78 is 48.4. The predicted octanol–water partition coefficient (Wildman–Crippen LogP) is 8.79. The molecule has 8 heterocycles. The van der Waals surface area contributed by atoms with Gasteiger partial charge in [-0.3, -0.25) is 19.6 Å². The first-order chi connectivity index (χ1) is 48.6. The van der Waals surface area contributed by atoms with E-state index in [1.807, 2.05) is 43.4 Å². The molecule has 8 fully saturated rings. The van der Waals surface area contributed by atoms with Crippen molar-refractivity contribution in [3.05, 3.63) is 155 Å². The van der Waals surface area contributed by atoms with Crippen LogP contribution in [-0.4, -0.2) is 231 Å². The molecule has 4 aromatic carbocycles. The van der Waals surface area contributed by atoms with Crippen molar-refractivity contribution in [3.8, 4) is 34.5 Å². The lowest BCUT2D eigenvalue weighted by molar-refractivity contribution is -0.309. The van der Waals surface area contributed by atoms with Gasteiger partial charge in [-0.25, -0.2) is 0 Å². The van der Waals surface area contributed by atoms with E-state index in [9.17, 15) is 35.7 Å². The largest absolute Gasteiger partial charge is 0.504 e. The van der Waals surface area contributed by atoms with Crippen LogP contribution in [0.4, 0.5) is 0 Å². The maximum atomic E-state index is 12.1. The molecule has 4 saturated heterocycles. The van der Waals surface area contributed by atoms with Crippen LogP contribution in [0.15, 0.2) is 99.2 Å². The van der Waals surface area contributed by atoms with E-state index in [2.05, 4.69) is 77.1 Å². The first kappa shape index (κ1) is 72.7. The van der Waals surface area contributed by atoms with Crippen LogP contribution in [0.2, 0.25) is 0 Å². The Morgan fingerprint density at radius 3 is 1.05 bits per heavy atom. The second kappa shape index (κ2) is 25.4. The molecule has 0 radical (unpaired) electrons. The molecule has 8 aliphatic carbocycles. The summed E-state index contributed by atoms with van der Waals surface area (Å²) in [6.45, 7) is 26.5. The number of aromatic hydroxyl groups is 2. The Labute approximate surface area is 608 Å². The number of benzene rings is 4. The molecule has 4 aromatic rings. The summed E-state index contributed by atoms with van der Waals surface area (Å²) >= 11 is 0. The number of nitrogens with zero attached hydrogens (tertiary/aromatic N) is 4. The minimum atomic E-state index is -1.38. The van der Waals surface area contributed by atoms with Gasteiger partial charge in [-0.15, -0.1) is 26.3 Å². The molecular formula is C84H112N4O15. The molecule has 8 unspecified atom stereocenters. The number of ether oxygens (including phenoxy) is 8. The molecule has 0 aromatic heterocycles. The second-order valence-electron chi connectivity index (χ2n) is 32.6. The smallest absolute Gasteiger partial charge is 0.204 e. The van der Waals surface area contributed by atoms with Gasteiger partial charge in [-0.2, -0.15) is 0 Å². The number of methoxy groups -OCH3 is 4. The van der Waals surface area contributed by atoms with Crippen molar-refractivity contribution in [2.75, 3.05) is 80.8 Å². The highest BCUT2D eigenvalue weighted by atomic mass is 16.7. The van der Waals surface area contributed by atoms with Crippen molar-refractivity contribution >= 4 is 0 Å². The highest BCUT2D eigenvalue weighted by molar-refractivity contribution is 5.66. The summed E-state index contributed by atoms with van der Waals surface area (Å²) in [4.78, 5) is 9.48. The van der Waals surface area contributed by atoms with E-state index in [1.54, 1.807) is 33.5 Å². The Bertz CT molecular complexity index is 3760.